The molecule has 0 N–H and O–H groups in total. The van der Waals surface area contributed by atoms with Crippen LogP contribution in [0.25, 0.3) is 0 Å². The van der Waals surface area contributed by atoms with Crippen LogP contribution in [-0.4, -0.2) is 37.2 Å². The van der Waals surface area contributed by atoms with Crippen LogP contribution in [0.2, 0.25) is 0 Å². The lowest BCUT2D eigenvalue weighted by molar-refractivity contribution is -0.167. The number of carbonyl (C=O) groups is 3. The zero-order chi connectivity index (χ0) is 40.3. The summed E-state index contributed by atoms with van der Waals surface area (Å²) < 4.78 is 16.7. The van der Waals surface area contributed by atoms with Crippen molar-refractivity contribution >= 4 is 17.9 Å². The normalized spacial score (nSPS) is 12.4. The Bertz CT molecular complexity index is 828. The van der Waals surface area contributed by atoms with Gasteiger partial charge in [-0.15, -0.1) is 0 Å². The maximum atomic E-state index is 12.7. The predicted molar refractivity (Wildman–Crippen MR) is 233 cm³/mol. The molecule has 0 saturated carbocycles. The van der Waals surface area contributed by atoms with Gasteiger partial charge in [-0.2, -0.15) is 0 Å². The minimum atomic E-state index is -0.759. The van der Waals surface area contributed by atoms with Crippen molar-refractivity contribution in [2.45, 2.75) is 278 Å². The van der Waals surface area contributed by atoms with E-state index in [0.717, 1.165) is 63.7 Å². The third-order valence-electron chi connectivity index (χ3n) is 11.4. The van der Waals surface area contributed by atoms with Crippen molar-refractivity contribution in [3.63, 3.8) is 0 Å². The molecule has 6 heteroatoms. The first-order valence-corrected chi connectivity index (χ1v) is 24.4. The van der Waals surface area contributed by atoms with Crippen molar-refractivity contribution in [3.05, 3.63) is 0 Å². The van der Waals surface area contributed by atoms with Crippen LogP contribution < -0.4 is 0 Å². The first-order chi connectivity index (χ1) is 26.9. The van der Waals surface area contributed by atoms with Crippen LogP contribution in [-0.2, 0) is 28.6 Å². The maximum Gasteiger partial charge on any atom is 0.306 e. The Morgan fingerprint density at radius 2 is 0.636 bits per heavy atom. The lowest BCUT2D eigenvalue weighted by Crippen LogP contribution is -2.30. The molecule has 6 nitrogen and oxygen atoms in total. The molecule has 0 aromatic carbocycles. The van der Waals surface area contributed by atoms with E-state index in [1.807, 2.05) is 0 Å². The summed E-state index contributed by atoms with van der Waals surface area (Å²) in [5.41, 5.74) is 0. The number of hydrogen-bond acceptors (Lipinski definition) is 6. The first kappa shape index (κ1) is 53.4. The van der Waals surface area contributed by atoms with Crippen molar-refractivity contribution in [3.8, 4) is 0 Å². The van der Waals surface area contributed by atoms with E-state index >= 15 is 0 Å². The summed E-state index contributed by atoms with van der Waals surface area (Å²) in [6, 6.07) is 0. The van der Waals surface area contributed by atoms with E-state index in [9.17, 15) is 14.4 Å². The monoisotopic (exact) mass is 779 g/mol. The lowest BCUT2D eigenvalue weighted by atomic mass is 9.99. The molecule has 0 radical (unpaired) electrons. The minimum Gasteiger partial charge on any atom is -0.462 e. The van der Waals surface area contributed by atoms with Crippen LogP contribution in [0.15, 0.2) is 0 Å². The molecule has 0 bridgehead atoms. The topological polar surface area (TPSA) is 78.9 Å². The molecule has 55 heavy (non-hydrogen) atoms. The van der Waals surface area contributed by atoms with E-state index in [0.29, 0.717) is 19.3 Å². The Balaban J connectivity index is 4.24. The molecular weight excluding hydrogens is 685 g/mol. The maximum absolute atomic E-state index is 12.7. The van der Waals surface area contributed by atoms with Gasteiger partial charge in [0.2, 0.25) is 0 Å². The molecule has 0 aliphatic rings. The van der Waals surface area contributed by atoms with Crippen LogP contribution in [0.5, 0.6) is 0 Å². The quantitative estimate of drug-likeness (QED) is 0.0348. The lowest BCUT2D eigenvalue weighted by Gasteiger charge is -2.18. The Labute approximate surface area is 342 Å². The van der Waals surface area contributed by atoms with Crippen molar-refractivity contribution in [2.24, 2.45) is 5.92 Å². The smallest absolute Gasteiger partial charge is 0.306 e. The number of ether oxygens (including phenoxy) is 3. The van der Waals surface area contributed by atoms with Gasteiger partial charge in [-0.3, -0.25) is 14.4 Å². The molecule has 0 aromatic rings. The number of carbonyl (C=O) groups excluding carboxylic acids is 3. The molecule has 0 amide bonds. The summed E-state index contributed by atoms with van der Waals surface area (Å²) >= 11 is 0. The predicted octanol–water partition coefficient (Wildman–Crippen LogP) is 15.5. The molecule has 2 atom stereocenters. The van der Waals surface area contributed by atoms with Gasteiger partial charge < -0.3 is 14.2 Å². The Morgan fingerprint density at radius 3 is 0.945 bits per heavy atom. The van der Waals surface area contributed by atoms with Gasteiger partial charge in [-0.05, 0) is 25.2 Å². The Kier molecular flexibility index (Phi) is 42.3. The second-order valence-electron chi connectivity index (χ2n) is 17.0. The van der Waals surface area contributed by atoms with Crippen molar-refractivity contribution in [1.82, 2.24) is 0 Å². The molecule has 0 saturated heterocycles. The first-order valence-electron chi connectivity index (χ1n) is 24.4. The molecule has 0 aromatic heterocycles. The molecule has 1 unspecified atom stereocenters. The van der Waals surface area contributed by atoms with Gasteiger partial charge in [0.25, 0.3) is 0 Å². The van der Waals surface area contributed by atoms with Gasteiger partial charge in [0.05, 0.1) is 0 Å². The summed E-state index contributed by atoms with van der Waals surface area (Å²) in [4.78, 5) is 37.7. The second kappa shape index (κ2) is 43.5. The Morgan fingerprint density at radius 1 is 0.364 bits per heavy atom. The minimum absolute atomic E-state index is 0.0639. The average molecular weight is 779 g/mol. The van der Waals surface area contributed by atoms with E-state index in [2.05, 4.69) is 27.7 Å². The number of esters is 3. The zero-order valence-corrected chi connectivity index (χ0v) is 37.4. The van der Waals surface area contributed by atoms with Crippen LogP contribution >= 0.6 is 0 Å². The standard InChI is InChI=1S/C49H94O6/c1-5-8-10-12-14-15-16-17-18-19-20-21-26-30-34-38-42-49(52)55-46(43-53-47(50)40-36-32-27-13-11-9-6-2)44-54-48(51)41-37-33-29-25-23-22-24-28-31-35-39-45(4)7-3/h45-46H,5-44H2,1-4H3/t45?,46-/m0/s1. The highest BCUT2D eigenvalue weighted by molar-refractivity contribution is 5.71. The summed E-state index contributed by atoms with van der Waals surface area (Å²) in [7, 11) is 0. The third kappa shape index (κ3) is 41.9. The van der Waals surface area contributed by atoms with E-state index < -0.39 is 6.10 Å². The van der Waals surface area contributed by atoms with Gasteiger partial charge in [-0.1, -0.05) is 233 Å². The van der Waals surface area contributed by atoms with E-state index in [4.69, 9.17) is 14.2 Å². The molecule has 0 rings (SSSR count). The zero-order valence-electron chi connectivity index (χ0n) is 37.4. The second-order valence-corrected chi connectivity index (χ2v) is 17.0. The highest BCUT2D eigenvalue weighted by atomic mass is 16.6. The van der Waals surface area contributed by atoms with Crippen LogP contribution in [0.1, 0.15) is 272 Å². The Hall–Kier alpha value is -1.59. The van der Waals surface area contributed by atoms with Crippen molar-refractivity contribution < 1.29 is 28.6 Å². The molecule has 0 aliphatic heterocycles. The van der Waals surface area contributed by atoms with Gasteiger partial charge in [0, 0.05) is 19.3 Å². The van der Waals surface area contributed by atoms with Gasteiger partial charge in [-0.25, -0.2) is 0 Å². The van der Waals surface area contributed by atoms with E-state index in [-0.39, 0.29) is 31.1 Å². The van der Waals surface area contributed by atoms with Crippen LogP contribution in [0.4, 0.5) is 0 Å². The third-order valence-corrected chi connectivity index (χ3v) is 11.4. The molecule has 0 spiro atoms. The fourth-order valence-corrected chi connectivity index (χ4v) is 7.30. The highest BCUT2D eigenvalue weighted by Gasteiger charge is 2.19. The van der Waals surface area contributed by atoms with Crippen molar-refractivity contribution in [2.75, 3.05) is 13.2 Å². The fraction of sp³-hybridized carbons (Fsp3) is 0.939. The molecule has 0 heterocycles. The van der Waals surface area contributed by atoms with Crippen molar-refractivity contribution in [1.29, 1.82) is 0 Å². The van der Waals surface area contributed by atoms with E-state index in [1.165, 1.54) is 167 Å². The summed E-state index contributed by atoms with van der Waals surface area (Å²) in [6.07, 6.45) is 43.8. The summed E-state index contributed by atoms with van der Waals surface area (Å²) in [5.74, 6) is 0.0141. The summed E-state index contributed by atoms with van der Waals surface area (Å²) in [6.45, 7) is 9.00. The number of rotatable bonds is 44. The molecular formula is C49H94O6. The number of unbranched alkanes of at least 4 members (excludes halogenated alkanes) is 30. The molecule has 326 valence electrons. The largest absolute Gasteiger partial charge is 0.462 e. The van der Waals surface area contributed by atoms with Gasteiger partial charge in [0.1, 0.15) is 13.2 Å². The van der Waals surface area contributed by atoms with Crippen LogP contribution in [0, 0.1) is 5.92 Å². The SMILES string of the molecule is CCCCCCCCCCCCCCCCCCC(=O)O[C@@H](COC(=O)CCCCCCCCC)COC(=O)CCCCCCCCCCCCC(C)CC. The van der Waals surface area contributed by atoms with Crippen LogP contribution in [0.3, 0.4) is 0 Å². The van der Waals surface area contributed by atoms with E-state index in [1.54, 1.807) is 0 Å². The average Bonchev–Trinajstić information content (AvgIpc) is 3.18. The molecule has 0 fully saturated rings. The number of hydrogen-bond donors (Lipinski definition) is 0. The summed E-state index contributed by atoms with van der Waals surface area (Å²) in [5, 5.41) is 0. The fourth-order valence-electron chi connectivity index (χ4n) is 7.30. The van der Waals surface area contributed by atoms with Gasteiger partial charge in [0.15, 0.2) is 6.10 Å². The highest BCUT2D eigenvalue weighted by Crippen LogP contribution is 2.17. The van der Waals surface area contributed by atoms with Gasteiger partial charge >= 0.3 is 17.9 Å². The molecule has 0 aliphatic carbocycles.